The van der Waals surface area contributed by atoms with E-state index in [-0.39, 0.29) is 12.0 Å². The highest BCUT2D eigenvalue weighted by atomic mass is 16.7. The molecular formula is C21H24O3. The minimum atomic E-state index is -0.750. The standard InChI is InChI=1S/C21H24O3/c1-22-19-13-10-15-9-11-17-16-7-5-4-6-14(16)8-12-18(17)20(15)21(19,23-2)24-3/h4-9,11-12,15,19-20H,10,13H2,1-3H3/t15?,19-,20?/m1/s1. The first-order valence-electron chi connectivity index (χ1n) is 8.58. The molecule has 4 rings (SSSR count). The summed E-state index contributed by atoms with van der Waals surface area (Å²) in [5.41, 5.74) is 2.58. The molecule has 0 heterocycles. The zero-order chi connectivity index (χ0) is 16.7. The molecule has 1 fully saturated rings. The molecule has 2 aliphatic carbocycles. The third kappa shape index (κ3) is 2.08. The van der Waals surface area contributed by atoms with Gasteiger partial charge in [0.2, 0.25) is 5.79 Å². The van der Waals surface area contributed by atoms with Crippen molar-refractivity contribution in [2.24, 2.45) is 5.92 Å². The molecule has 1 saturated carbocycles. The van der Waals surface area contributed by atoms with Crippen LogP contribution in [0, 0.1) is 5.92 Å². The molecule has 24 heavy (non-hydrogen) atoms. The molecule has 0 N–H and O–H groups in total. The minimum Gasteiger partial charge on any atom is -0.376 e. The van der Waals surface area contributed by atoms with Crippen LogP contribution in [0.25, 0.3) is 16.8 Å². The SMILES string of the molecule is CO[C@@H]1CCC2C=Cc3c(ccc4ccccc34)C2C1(OC)OC. The summed E-state index contributed by atoms with van der Waals surface area (Å²) in [6.45, 7) is 0. The highest BCUT2D eigenvalue weighted by Gasteiger charge is 2.54. The first kappa shape index (κ1) is 15.8. The zero-order valence-electron chi connectivity index (χ0n) is 14.5. The van der Waals surface area contributed by atoms with Gasteiger partial charge in [-0.2, -0.15) is 0 Å². The van der Waals surface area contributed by atoms with Gasteiger partial charge >= 0.3 is 0 Å². The van der Waals surface area contributed by atoms with Crippen LogP contribution < -0.4 is 0 Å². The Morgan fingerprint density at radius 3 is 2.50 bits per heavy atom. The third-order valence-corrected chi connectivity index (χ3v) is 5.84. The molecule has 126 valence electrons. The van der Waals surface area contributed by atoms with E-state index in [9.17, 15) is 0 Å². The molecule has 0 radical (unpaired) electrons. The van der Waals surface area contributed by atoms with Crippen molar-refractivity contribution in [3.05, 3.63) is 53.6 Å². The van der Waals surface area contributed by atoms with E-state index in [0.29, 0.717) is 5.92 Å². The van der Waals surface area contributed by atoms with Crippen LogP contribution in [-0.4, -0.2) is 33.2 Å². The Balaban J connectivity index is 1.94. The van der Waals surface area contributed by atoms with Gasteiger partial charge < -0.3 is 14.2 Å². The summed E-state index contributed by atoms with van der Waals surface area (Å²) in [6.07, 6.45) is 6.56. The second kappa shape index (κ2) is 5.99. The van der Waals surface area contributed by atoms with Crippen LogP contribution >= 0.6 is 0 Å². The fraction of sp³-hybridized carbons (Fsp3) is 0.429. The van der Waals surface area contributed by atoms with Gasteiger partial charge in [-0.25, -0.2) is 0 Å². The van der Waals surface area contributed by atoms with Gasteiger partial charge in [0.15, 0.2) is 0 Å². The predicted molar refractivity (Wildman–Crippen MR) is 96.0 cm³/mol. The zero-order valence-corrected chi connectivity index (χ0v) is 14.5. The van der Waals surface area contributed by atoms with E-state index in [1.807, 2.05) is 0 Å². The van der Waals surface area contributed by atoms with Crippen molar-refractivity contribution >= 4 is 16.8 Å². The number of benzene rings is 2. The molecule has 2 aromatic carbocycles. The van der Waals surface area contributed by atoms with Crippen LogP contribution in [0.4, 0.5) is 0 Å². The van der Waals surface area contributed by atoms with Crippen molar-refractivity contribution in [3.8, 4) is 0 Å². The monoisotopic (exact) mass is 324 g/mol. The Labute approximate surface area is 143 Å². The number of ether oxygens (including phenoxy) is 3. The molecule has 2 aromatic rings. The molecule has 0 spiro atoms. The van der Waals surface area contributed by atoms with Crippen molar-refractivity contribution < 1.29 is 14.2 Å². The Bertz CT molecular complexity index is 776. The van der Waals surface area contributed by atoms with Gasteiger partial charge in [0, 0.05) is 27.2 Å². The number of allylic oxidation sites excluding steroid dienone is 1. The second-order valence-corrected chi connectivity index (χ2v) is 6.72. The van der Waals surface area contributed by atoms with Crippen LogP contribution in [0.5, 0.6) is 0 Å². The number of hydrogen-bond acceptors (Lipinski definition) is 3. The van der Waals surface area contributed by atoms with Crippen LogP contribution in [0.15, 0.2) is 42.5 Å². The minimum absolute atomic E-state index is 0.0698. The average molecular weight is 324 g/mol. The fourth-order valence-corrected chi connectivity index (χ4v) is 4.74. The summed E-state index contributed by atoms with van der Waals surface area (Å²) < 4.78 is 17.7. The number of rotatable bonds is 3. The van der Waals surface area contributed by atoms with Gasteiger partial charge in [-0.1, -0.05) is 48.6 Å². The molecular weight excluding hydrogens is 300 g/mol. The fourth-order valence-electron chi connectivity index (χ4n) is 4.74. The normalized spacial score (nSPS) is 27.7. The topological polar surface area (TPSA) is 27.7 Å². The number of fused-ring (bicyclic) bond motifs is 5. The molecule has 3 heteroatoms. The first-order valence-corrected chi connectivity index (χ1v) is 8.58. The molecule has 0 amide bonds. The van der Waals surface area contributed by atoms with Crippen molar-refractivity contribution in [2.45, 2.75) is 30.7 Å². The van der Waals surface area contributed by atoms with Crippen LogP contribution in [0.1, 0.15) is 29.9 Å². The molecule has 0 aliphatic heterocycles. The molecule has 0 aromatic heterocycles. The summed E-state index contributed by atoms with van der Waals surface area (Å²) in [5, 5.41) is 2.55. The molecule has 2 aliphatic rings. The van der Waals surface area contributed by atoms with Crippen molar-refractivity contribution in [3.63, 3.8) is 0 Å². The van der Waals surface area contributed by atoms with Gasteiger partial charge in [-0.05, 0) is 40.7 Å². The van der Waals surface area contributed by atoms with Crippen molar-refractivity contribution in [1.82, 2.24) is 0 Å². The van der Waals surface area contributed by atoms with E-state index in [2.05, 4.69) is 48.6 Å². The maximum atomic E-state index is 5.99. The van der Waals surface area contributed by atoms with Crippen molar-refractivity contribution in [1.29, 1.82) is 0 Å². The highest BCUT2D eigenvalue weighted by molar-refractivity contribution is 5.92. The molecule has 0 saturated heterocycles. The Kier molecular flexibility index (Phi) is 3.95. The second-order valence-electron chi connectivity index (χ2n) is 6.72. The molecule has 2 unspecified atom stereocenters. The first-order chi connectivity index (χ1) is 11.7. The quantitative estimate of drug-likeness (QED) is 0.785. The van der Waals surface area contributed by atoms with Crippen LogP contribution in [-0.2, 0) is 14.2 Å². The maximum Gasteiger partial charge on any atom is 0.201 e. The van der Waals surface area contributed by atoms with Gasteiger partial charge in [-0.3, -0.25) is 0 Å². The Hall–Kier alpha value is -1.68. The van der Waals surface area contributed by atoms with Crippen LogP contribution in [0.2, 0.25) is 0 Å². The van der Waals surface area contributed by atoms with E-state index in [1.54, 1.807) is 21.3 Å². The third-order valence-electron chi connectivity index (χ3n) is 5.84. The predicted octanol–water partition coefficient (Wildman–Crippen LogP) is 4.36. The van der Waals surface area contributed by atoms with Gasteiger partial charge in [0.1, 0.15) is 6.10 Å². The highest BCUT2D eigenvalue weighted by Crippen LogP contribution is 2.52. The average Bonchev–Trinajstić information content (AvgIpc) is 2.66. The Morgan fingerprint density at radius 2 is 1.75 bits per heavy atom. The van der Waals surface area contributed by atoms with Gasteiger partial charge in [0.25, 0.3) is 0 Å². The van der Waals surface area contributed by atoms with E-state index in [1.165, 1.54) is 21.9 Å². The smallest absolute Gasteiger partial charge is 0.201 e. The van der Waals surface area contributed by atoms with Crippen molar-refractivity contribution in [2.75, 3.05) is 21.3 Å². The van der Waals surface area contributed by atoms with E-state index in [0.717, 1.165) is 12.8 Å². The van der Waals surface area contributed by atoms with Gasteiger partial charge in [0.05, 0.1) is 0 Å². The lowest BCUT2D eigenvalue weighted by Crippen LogP contribution is -2.57. The van der Waals surface area contributed by atoms with E-state index < -0.39 is 5.79 Å². The number of methoxy groups -OCH3 is 3. The molecule has 3 atom stereocenters. The Morgan fingerprint density at radius 1 is 0.958 bits per heavy atom. The summed E-state index contributed by atoms with van der Waals surface area (Å²) in [6, 6.07) is 13.0. The van der Waals surface area contributed by atoms with Crippen LogP contribution in [0.3, 0.4) is 0 Å². The lowest BCUT2D eigenvalue weighted by molar-refractivity contribution is -0.294. The van der Waals surface area contributed by atoms with E-state index >= 15 is 0 Å². The van der Waals surface area contributed by atoms with E-state index in [4.69, 9.17) is 14.2 Å². The summed E-state index contributed by atoms with van der Waals surface area (Å²) in [7, 11) is 5.21. The number of hydrogen-bond donors (Lipinski definition) is 0. The molecule has 3 nitrogen and oxygen atoms in total. The summed E-state index contributed by atoms with van der Waals surface area (Å²) >= 11 is 0. The summed E-state index contributed by atoms with van der Waals surface area (Å²) in [4.78, 5) is 0. The lowest BCUT2D eigenvalue weighted by Gasteiger charge is -2.50. The van der Waals surface area contributed by atoms with Gasteiger partial charge in [-0.15, -0.1) is 0 Å². The lowest BCUT2D eigenvalue weighted by atomic mass is 9.66. The summed E-state index contributed by atoms with van der Waals surface area (Å²) in [5.74, 6) is -0.208. The molecule has 0 bridgehead atoms. The largest absolute Gasteiger partial charge is 0.376 e. The maximum absolute atomic E-state index is 5.99.